The zero-order chi connectivity index (χ0) is 30.9. The second-order valence-electron chi connectivity index (χ2n) is 11.5. The van der Waals surface area contributed by atoms with Crippen molar-refractivity contribution < 1.29 is 14.6 Å². The number of aryl methyl sites for hydroxylation is 1. The maximum atomic E-state index is 9.16. The smallest absolute Gasteiger partial charge is 0.124 e. The molecule has 0 saturated carbocycles. The fourth-order valence-corrected chi connectivity index (χ4v) is 5.58. The van der Waals surface area contributed by atoms with Crippen molar-refractivity contribution in [2.75, 3.05) is 78.1 Å². The summed E-state index contributed by atoms with van der Waals surface area (Å²) in [5, 5.41) is 17.3. The van der Waals surface area contributed by atoms with E-state index < -0.39 is 0 Å². The number of fused-ring (bicyclic) bond motifs is 1. The SMILES string of the molecule is COc1cc(OC)cc(N(CCNC(C)C)c2ccc3ncc(-c4cnn(CCCN5CCN(CCO)CC5)c4)nc3c2)c1.Cl. The van der Waals surface area contributed by atoms with E-state index in [1.165, 1.54) is 0 Å². The average Bonchev–Trinajstić information content (AvgIpc) is 3.52. The van der Waals surface area contributed by atoms with Crippen molar-refractivity contribution in [3.63, 3.8) is 0 Å². The highest BCUT2D eigenvalue weighted by atomic mass is 35.5. The number of aromatic nitrogens is 4. The second-order valence-corrected chi connectivity index (χ2v) is 11.5. The van der Waals surface area contributed by atoms with Gasteiger partial charge < -0.3 is 29.7 Å². The minimum atomic E-state index is 0. The maximum absolute atomic E-state index is 9.16. The molecule has 0 amide bonds. The molecule has 5 rings (SSSR count). The van der Waals surface area contributed by atoms with Crippen molar-refractivity contribution in [3.8, 4) is 22.8 Å². The Morgan fingerprint density at radius 2 is 1.60 bits per heavy atom. The molecule has 0 radical (unpaired) electrons. The number of rotatable bonds is 15. The van der Waals surface area contributed by atoms with E-state index in [4.69, 9.17) is 24.5 Å². The average molecular weight is 639 g/mol. The zero-order valence-corrected chi connectivity index (χ0v) is 27.7. The van der Waals surface area contributed by atoms with Gasteiger partial charge in [0.2, 0.25) is 0 Å². The highest BCUT2D eigenvalue weighted by Crippen LogP contribution is 2.34. The number of ether oxygens (including phenoxy) is 2. The first kappa shape index (κ1) is 34.4. The molecule has 2 N–H and O–H groups in total. The lowest BCUT2D eigenvalue weighted by atomic mass is 10.2. The van der Waals surface area contributed by atoms with Gasteiger partial charge in [0.05, 0.1) is 49.9 Å². The Morgan fingerprint density at radius 1 is 0.889 bits per heavy atom. The van der Waals surface area contributed by atoms with Crippen LogP contribution >= 0.6 is 12.4 Å². The summed E-state index contributed by atoms with van der Waals surface area (Å²) >= 11 is 0. The number of methoxy groups -OCH3 is 2. The molecule has 0 atom stereocenters. The number of hydrogen-bond acceptors (Lipinski definition) is 10. The van der Waals surface area contributed by atoms with Gasteiger partial charge in [-0.25, -0.2) is 4.98 Å². The van der Waals surface area contributed by atoms with Crippen LogP contribution in [0.15, 0.2) is 55.0 Å². The Morgan fingerprint density at radius 3 is 2.27 bits per heavy atom. The molecule has 1 aliphatic rings. The van der Waals surface area contributed by atoms with E-state index >= 15 is 0 Å². The van der Waals surface area contributed by atoms with E-state index in [0.29, 0.717) is 6.04 Å². The van der Waals surface area contributed by atoms with Gasteiger partial charge in [0.25, 0.3) is 0 Å². The van der Waals surface area contributed by atoms with E-state index in [2.05, 4.69) is 57.3 Å². The third-order valence-electron chi connectivity index (χ3n) is 8.05. The summed E-state index contributed by atoms with van der Waals surface area (Å²) in [6.45, 7) is 12.9. The predicted octanol–water partition coefficient (Wildman–Crippen LogP) is 4.07. The highest BCUT2D eigenvalue weighted by molar-refractivity contribution is 5.85. The predicted molar refractivity (Wildman–Crippen MR) is 182 cm³/mol. The largest absolute Gasteiger partial charge is 0.497 e. The molecule has 4 aromatic rings. The van der Waals surface area contributed by atoms with Crippen LogP contribution < -0.4 is 19.7 Å². The second kappa shape index (κ2) is 16.7. The topological polar surface area (TPSA) is 104 Å². The molecule has 1 fully saturated rings. The Balaban J connectivity index is 0.00000461. The Kier molecular flexibility index (Phi) is 12.8. The van der Waals surface area contributed by atoms with Crippen molar-refractivity contribution in [3.05, 3.63) is 55.0 Å². The van der Waals surface area contributed by atoms with E-state index in [0.717, 1.165) is 110 Å². The van der Waals surface area contributed by atoms with Gasteiger partial charge in [-0.2, -0.15) is 5.10 Å². The van der Waals surface area contributed by atoms with Crippen molar-refractivity contribution in [2.45, 2.75) is 32.9 Å². The first-order valence-electron chi connectivity index (χ1n) is 15.5. The number of piperazine rings is 1. The number of nitrogens with one attached hydrogen (secondary N) is 1. The molecule has 12 heteroatoms. The third-order valence-corrected chi connectivity index (χ3v) is 8.05. The van der Waals surface area contributed by atoms with Crippen LogP contribution in [0.2, 0.25) is 0 Å². The molecule has 3 heterocycles. The van der Waals surface area contributed by atoms with Crippen LogP contribution in [-0.4, -0.2) is 114 Å². The number of β-amino-alcohol motifs (C(OH)–C–C–N with tert-alkyl or cyclic N) is 1. The van der Waals surface area contributed by atoms with E-state index in [-0.39, 0.29) is 19.0 Å². The van der Waals surface area contributed by atoms with E-state index in [1.54, 1.807) is 14.2 Å². The van der Waals surface area contributed by atoms with Crippen molar-refractivity contribution in [2.24, 2.45) is 0 Å². The molecule has 1 aliphatic heterocycles. The lowest BCUT2D eigenvalue weighted by Crippen LogP contribution is -2.47. The summed E-state index contributed by atoms with van der Waals surface area (Å²) < 4.78 is 13.1. The van der Waals surface area contributed by atoms with Gasteiger partial charge in [0.15, 0.2) is 0 Å². The van der Waals surface area contributed by atoms with Crippen molar-refractivity contribution in [1.29, 1.82) is 0 Å². The zero-order valence-electron chi connectivity index (χ0n) is 26.9. The Bertz CT molecular complexity index is 1470. The highest BCUT2D eigenvalue weighted by Gasteiger charge is 2.17. The molecule has 0 bridgehead atoms. The molecule has 2 aromatic heterocycles. The lowest BCUT2D eigenvalue weighted by molar-refractivity contribution is 0.111. The molecular formula is C33H47ClN8O3. The van der Waals surface area contributed by atoms with Gasteiger partial charge >= 0.3 is 0 Å². The van der Waals surface area contributed by atoms with Crippen LogP contribution in [0.5, 0.6) is 11.5 Å². The van der Waals surface area contributed by atoms with Gasteiger partial charge in [-0.05, 0) is 31.2 Å². The number of anilines is 2. The van der Waals surface area contributed by atoms with Crippen LogP contribution in [0.3, 0.4) is 0 Å². The van der Waals surface area contributed by atoms with Gasteiger partial charge in [-0.1, -0.05) is 13.8 Å². The van der Waals surface area contributed by atoms with Gasteiger partial charge in [0.1, 0.15) is 11.5 Å². The van der Waals surface area contributed by atoms with Gasteiger partial charge in [-0.3, -0.25) is 14.6 Å². The van der Waals surface area contributed by atoms with Crippen molar-refractivity contribution >= 4 is 34.8 Å². The summed E-state index contributed by atoms with van der Waals surface area (Å²) in [5.41, 5.74) is 5.41. The Hall–Kier alpha value is -3.48. The summed E-state index contributed by atoms with van der Waals surface area (Å²) in [4.78, 5) is 16.8. The molecule has 244 valence electrons. The molecule has 1 saturated heterocycles. The number of aliphatic hydroxyl groups is 1. The molecule has 2 aromatic carbocycles. The summed E-state index contributed by atoms with van der Waals surface area (Å²) in [7, 11) is 3.34. The Labute approximate surface area is 272 Å². The van der Waals surface area contributed by atoms with Crippen LogP contribution in [0, 0.1) is 0 Å². The van der Waals surface area contributed by atoms with Crippen LogP contribution in [0.25, 0.3) is 22.3 Å². The standard InChI is InChI=1S/C33H46N8O3.ClH/c1-25(2)34-8-11-41(28-18-29(43-3)21-30(19-28)44-4)27-6-7-31-32(20-27)37-33(23-35-31)26-22-36-40(24-26)10-5-9-38-12-14-39(15-13-38)16-17-42;/h6-7,18-25,34,42H,5,8-17H2,1-4H3;1H. The molecule has 45 heavy (non-hydrogen) atoms. The van der Waals surface area contributed by atoms with Crippen molar-refractivity contribution in [1.82, 2.24) is 34.9 Å². The lowest BCUT2D eigenvalue weighted by Gasteiger charge is -2.34. The number of halogens is 1. The quantitative estimate of drug-likeness (QED) is 0.198. The fourth-order valence-electron chi connectivity index (χ4n) is 5.58. The van der Waals surface area contributed by atoms with Gasteiger partial charge in [0, 0.05) is 99.7 Å². The normalized spacial score (nSPS) is 14.1. The number of nitrogens with zero attached hydrogens (tertiary/aromatic N) is 7. The minimum Gasteiger partial charge on any atom is -0.497 e. The molecular weight excluding hydrogens is 592 g/mol. The van der Waals surface area contributed by atoms with Crippen LogP contribution in [0.4, 0.5) is 11.4 Å². The summed E-state index contributed by atoms with van der Waals surface area (Å²) in [6.07, 6.45) is 6.79. The monoisotopic (exact) mass is 638 g/mol. The fraction of sp³-hybridized carbons (Fsp3) is 0.485. The van der Waals surface area contributed by atoms with Crippen LogP contribution in [-0.2, 0) is 6.54 Å². The molecule has 11 nitrogen and oxygen atoms in total. The maximum Gasteiger partial charge on any atom is 0.124 e. The number of aliphatic hydroxyl groups excluding tert-OH is 1. The summed E-state index contributed by atoms with van der Waals surface area (Å²) in [5.74, 6) is 1.48. The van der Waals surface area contributed by atoms with E-state index in [1.807, 2.05) is 41.3 Å². The van der Waals surface area contributed by atoms with Gasteiger partial charge in [-0.15, -0.1) is 12.4 Å². The minimum absolute atomic E-state index is 0. The summed E-state index contributed by atoms with van der Waals surface area (Å²) in [6, 6.07) is 12.5. The third kappa shape index (κ3) is 9.27. The first-order valence-corrected chi connectivity index (χ1v) is 15.5. The first-order chi connectivity index (χ1) is 21.4. The molecule has 0 aliphatic carbocycles. The molecule has 0 spiro atoms. The molecule has 0 unspecified atom stereocenters. The van der Waals surface area contributed by atoms with E-state index in [9.17, 15) is 0 Å². The number of benzene rings is 2. The number of hydrogen-bond donors (Lipinski definition) is 2. The van der Waals surface area contributed by atoms with Crippen LogP contribution in [0.1, 0.15) is 20.3 Å².